The van der Waals surface area contributed by atoms with E-state index in [1.165, 1.54) is 6.20 Å². The second-order valence-electron chi connectivity index (χ2n) is 2.93. The normalized spacial score (nSPS) is 9.40. The Morgan fingerprint density at radius 1 is 1.00 bits per heavy atom. The second-order valence-corrected chi connectivity index (χ2v) is 3.74. The van der Waals surface area contributed by atoms with Gasteiger partial charge in [0.1, 0.15) is 0 Å². The summed E-state index contributed by atoms with van der Waals surface area (Å²) in [6.45, 7) is 0. The molecule has 0 bridgehead atoms. The number of pyridine rings is 1. The molecule has 0 unspecified atom stereocenters. The van der Waals surface area contributed by atoms with Crippen molar-refractivity contribution >= 4 is 28.3 Å². The summed E-state index contributed by atoms with van der Waals surface area (Å²) < 4.78 is 1.31. The van der Waals surface area contributed by atoms with Crippen LogP contribution in [0, 0.1) is 5.21 Å². The van der Waals surface area contributed by atoms with Gasteiger partial charge in [0.2, 0.25) is 0 Å². The molecule has 2 nitrogen and oxygen atoms in total. The summed E-state index contributed by atoms with van der Waals surface area (Å²) in [5, 5.41) is 11.1. The van der Waals surface area contributed by atoms with Crippen molar-refractivity contribution in [2.24, 2.45) is 0 Å². The van der Waals surface area contributed by atoms with Gasteiger partial charge in [-0.05, 0) is 11.1 Å². The Balaban J connectivity index is 0.00000112. The van der Waals surface area contributed by atoms with E-state index < -0.39 is 0 Å². The van der Waals surface area contributed by atoms with Gasteiger partial charge in [0.05, 0.1) is 0 Å². The highest BCUT2D eigenvalue weighted by atomic mass is 79.9. The Labute approximate surface area is 103 Å². The summed E-state index contributed by atoms with van der Waals surface area (Å²) >= 11 is 3.19. The van der Waals surface area contributed by atoms with Gasteiger partial charge in [-0.15, -0.1) is 12.4 Å². The highest BCUT2D eigenvalue weighted by Crippen LogP contribution is 2.19. The molecular weight excluding hydrogens is 277 g/mol. The maximum atomic E-state index is 11.1. The van der Waals surface area contributed by atoms with E-state index in [0.717, 1.165) is 15.9 Å². The SMILES string of the molecule is Cl.[O-][n+]1ccc(-c2ccccc2)cc1Br. The average molecular weight is 287 g/mol. The van der Waals surface area contributed by atoms with Crippen LogP contribution in [0.4, 0.5) is 0 Å². The van der Waals surface area contributed by atoms with Crippen LogP contribution in [-0.4, -0.2) is 0 Å². The molecule has 0 N–H and O–H groups in total. The zero-order valence-electron chi connectivity index (χ0n) is 7.76. The van der Waals surface area contributed by atoms with Crippen LogP contribution in [0.2, 0.25) is 0 Å². The van der Waals surface area contributed by atoms with E-state index in [-0.39, 0.29) is 12.4 Å². The fourth-order valence-electron chi connectivity index (χ4n) is 1.27. The van der Waals surface area contributed by atoms with Crippen molar-refractivity contribution in [3.63, 3.8) is 0 Å². The number of nitrogens with zero attached hydrogens (tertiary/aromatic N) is 1. The third-order valence-corrected chi connectivity index (χ3v) is 2.56. The maximum absolute atomic E-state index is 11.1. The van der Waals surface area contributed by atoms with Crippen molar-refractivity contribution in [3.05, 3.63) is 58.5 Å². The molecule has 2 rings (SSSR count). The molecule has 0 fully saturated rings. The molecule has 4 heteroatoms. The van der Waals surface area contributed by atoms with Crippen molar-refractivity contribution in [2.45, 2.75) is 0 Å². The molecule has 15 heavy (non-hydrogen) atoms. The molecule has 0 aliphatic rings. The molecule has 0 spiro atoms. The van der Waals surface area contributed by atoms with Gasteiger partial charge in [0.15, 0.2) is 6.20 Å². The van der Waals surface area contributed by atoms with Crippen molar-refractivity contribution in [3.8, 4) is 11.1 Å². The first-order valence-corrected chi connectivity index (χ1v) is 5.01. The van der Waals surface area contributed by atoms with Crippen LogP contribution in [0.5, 0.6) is 0 Å². The molecular formula is C11H9BrClNO. The first-order valence-electron chi connectivity index (χ1n) is 4.21. The molecule has 2 aromatic rings. The first kappa shape index (κ1) is 12.0. The highest BCUT2D eigenvalue weighted by Gasteiger charge is 2.03. The number of aromatic nitrogens is 1. The van der Waals surface area contributed by atoms with E-state index in [2.05, 4.69) is 15.9 Å². The number of rotatable bonds is 1. The van der Waals surface area contributed by atoms with Gasteiger partial charge in [0.25, 0.3) is 4.60 Å². The monoisotopic (exact) mass is 285 g/mol. The molecule has 1 aromatic heterocycles. The summed E-state index contributed by atoms with van der Waals surface area (Å²) in [5.74, 6) is 0. The quantitative estimate of drug-likeness (QED) is 0.449. The third kappa shape index (κ3) is 2.70. The Kier molecular flexibility index (Phi) is 4.12. The minimum Gasteiger partial charge on any atom is -0.618 e. The Morgan fingerprint density at radius 2 is 1.67 bits per heavy atom. The second kappa shape index (κ2) is 5.14. The molecule has 1 aromatic carbocycles. The van der Waals surface area contributed by atoms with E-state index >= 15 is 0 Å². The van der Waals surface area contributed by atoms with Gasteiger partial charge in [-0.3, -0.25) is 0 Å². The molecule has 0 saturated carbocycles. The minimum atomic E-state index is 0. The Bertz CT molecular complexity index is 448. The van der Waals surface area contributed by atoms with Gasteiger partial charge < -0.3 is 5.21 Å². The fraction of sp³-hybridized carbons (Fsp3) is 0. The average Bonchev–Trinajstić information content (AvgIpc) is 2.23. The summed E-state index contributed by atoms with van der Waals surface area (Å²) in [5.41, 5.74) is 2.14. The number of halogens is 2. The summed E-state index contributed by atoms with van der Waals surface area (Å²) in [7, 11) is 0. The molecule has 78 valence electrons. The fourth-order valence-corrected chi connectivity index (χ4v) is 1.63. The van der Waals surface area contributed by atoms with E-state index in [4.69, 9.17) is 0 Å². The van der Waals surface area contributed by atoms with Gasteiger partial charge in [-0.1, -0.05) is 30.3 Å². The van der Waals surface area contributed by atoms with Crippen LogP contribution in [0.25, 0.3) is 11.1 Å². The molecule has 1 heterocycles. The van der Waals surface area contributed by atoms with Crippen LogP contribution in [0.1, 0.15) is 0 Å². The largest absolute Gasteiger partial charge is 0.618 e. The molecule has 0 amide bonds. The van der Waals surface area contributed by atoms with E-state index in [1.807, 2.05) is 36.4 Å². The van der Waals surface area contributed by atoms with Crippen LogP contribution in [0.15, 0.2) is 53.3 Å². The molecule has 0 radical (unpaired) electrons. The Morgan fingerprint density at radius 3 is 2.27 bits per heavy atom. The van der Waals surface area contributed by atoms with Crippen molar-refractivity contribution < 1.29 is 4.73 Å². The van der Waals surface area contributed by atoms with Crippen molar-refractivity contribution in [1.82, 2.24) is 0 Å². The lowest BCUT2D eigenvalue weighted by atomic mass is 10.1. The van der Waals surface area contributed by atoms with Crippen LogP contribution >= 0.6 is 28.3 Å². The third-order valence-electron chi connectivity index (χ3n) is 1.98. The maximum Gasteiger partial charge on any atom is 0.259 e. The minimum absolute atomic E-state index is 0. The lowest BCUT2D eigenvalue weighted by Gasteiger charge is -2.02. The lowest BCUT2D eigenvalue weighted by Crippen LogP contribution is -2.26. The first-order chi connectivity index (χ1) is 6.77. The van der Waals surface area contributed by atoms with E-state index in [1.54, 1.807) is 6.07 Å². The predicted molar refractivity (Wildman–Crippen MR) is 65.8 cm³/mol. The topological polar surface area (TPSA) is 26.9 Å². The molecule has 0 aliphatic carbocycles. The summed E-state index contributed by atoms with van der Waals surface area (Å²) in [4.78, 5) is 0. The van der Waals surface area contributed by atoms with Crippen LogP contribution in [0.3, 0.4) is 0 Å². The van der Waals surface area contributed by atoms with Gasteiger partial charge >= 0.3 is 0 Å². The number of benzene rings is 1. The van der Waals surface area contributed by atoms with Crippen LogP contribution < -0.4 is 4.73 Å². The van der Waals surface area contributed by atoms with Gasteiger partial charge in [0, 0.05) is 28.1 Å². The number of hydrogen-bond donors (Lipinski definition) is 0. The van der Waals surface area contributed by atoms with E-state index in [0.29, 0.717) is 4.60 Å². The van der Waals surface area contributed by atoms with Crippen molar-refractivity contribution in [1.29, 1.82) is 0 Å². The zero-order chi connectivity index (χ0) is 9.97. The summed E-state index contributed by atoms with van der Waals surface area (Å²) in [6.07, 6.45) is 1.49. The number of hydrogen-bond acceptors (Lipinski definition) is 1. The summed E-state index contributed by atoms with van der Waals surface area (Å²) in [6, 6.07) is 13.5. The van der Waals surface area contributed by atoms with Gasteiger partial charge in [-0.2, -0.15) is 4.73 Å². The predicted octanol–water partition coefficient (Wildman–Crippen LogP) is 3.17. The van der Waals surface area contributed by atoms with E-state index in [9.17, 15) is 5.21 Å². The highest BCUT2D eigenvalue weighted by molar-refractivity contribution is 9.10. The molecule has 0 aliphatic heterocycles. The smallest absolute Gasteiger partial charge is 0.259 e. The molecule has 0 saturated heterocycles. The van der Waals surface area contributed by atoms with Gasteiger partial charge in [-0.25, -0.2) is 0 Å². The van der Waals surface area contributed by atoms with Crippen LogP contribution in [-0.2, 0) is 0 Å². The zero-order valence-corrected chi connectivity index (χ0v) is 10.2. The van der Waals surface area contributed by atoms with Crippen molar-refractivity contribution in [2.75, 3.05) is 0 Å². The Hall–Kier alpha value is -1.06. The standard InChI is InChI=1S/C11H8BrNO.ClH/c12-11-8-10(6-7-13(11)14)9-4-2-1-3-5-9;/h1-8H;1H. The lowest BCUT2D eigenvalue weighted by molar-refractivity contribution is -0.617. The molecule has 0 atom stereocenters.